The van der Waals surface area contributed by atoms with E-state index >= 15 is 0 Å². The first-order valence-corrected chi connectivity index (χ1v) is 5.53. The van der Waals surface area contributed by atoms with Crippen molar-refractivity contribution in [2.45, 2.75) is 32.2 Å². The zero-order valence-corrected chi connectivity index (χ0v) is 10.3. The highest BCUT2D eigenvalue weighted by molar-refractivity contribution is 6.50. The molecule has 0 aromatic carbocycles. The fourth-order valence-corrected chi connectivity index (χ4v) is 1.33. The van der Waals surface area contributed by atoms with Gasteiger partial charge in [-0.25, -0.2) is 4.39 Å². The molecular weight excluding hydrogens is 297 g/mol. The molecule has 1 nitrogen and oxygen atoms in total. The van der Waals surface area contributed by atoms with Gasteiger partial charge in [0.25, 0.3) is 6.17 Å². The molecule has 1 heterocycles. The largest absolute Gasteiger partial charge is 0.673 e. The third-order valence-electron chi connectivity index (χ3n) is 1.99. The molecule has 0 saturated heterocycles. The van der Waals surface area contributed by atoms with Crippen molar-refractivity contribution in [3.05, 3.63) is 30.1 Å². The number of rotatable bonds is 3. The zero-order chi connectivity index (χ0) is 16.0. The number of pyridine rings is 1. The first-order chi connectivity index (χ1) is 8.96. The Morgan fingerprint density at radius 3 is 2.05 bits per heavy atom. The lowest BCUT2D eigenvalue weighted by molar-refractivity contribution is -0.708. The van der Waals surface area contributed by atoms with Gasteiger partial charge in [0.15, 0.2) is 6.20 Å². The van der Waals surface area contributed by atoms with E-state index in [1.807, 2.05) is 6.92 Å². The third-order valence-corrected chi connectivity index (χ3v) is 1.99. The van der Waals surface area contributed by atoms with Crippen LogP contribution in [0.4, 0.5) is 34.8 Å². The summed E-state index contributed by atoms with van der Waals surface area (Å²) in [7, 11) is -6.00. The molecule has 0 aliphatic carbocycles. The second-order valence-corrected chi connectivity index (χ2v) is 3.72. The lowest BCUT2D eigenvalue weighted by Crippen LogP contribution is -2.41. The highest BCUT2D eigenvalue weighted by Crippen LogP contribution is 2.34. The van der Waals surface area contributed by atoms with Crippen LogP contribution in [0, 0.1) is 0 Å². The van der Waals surface area contributed by atoms with Crippen molar-refractivity contribution >= 4 is 7.25 Å². The first kappa shape index (κ1) is 18.7. The minimum atomic E-state index is -6.00. The minimum absolute atomic E-state index is 0.341. The van der Waals surface area contributed by atoms with Crippen LogP contribution in [-0.4, -0.2) is 13.4 Å². The maximum atomic E-state index is 13.1. The molecule has 10 heteroatoms. The van der Waals surface area contributed by atoms with Gasteiger partial charge < -0.3 is 17.3 Å². The van der Waals surface area contributed by atoms with Crippen LogP contribution >= 0.6 is 0 Å². The van der Waals surface area contributed by atoms with Crippen LogP contribution < -0.4 is 4.57 Å². The average Bonchev–Trinajstić information content (AvgIpc) is 2.26. The molecular formula is C10H12BF8N. The number of halogens is 8. The van der Waals surface area contributed by atoms with Gasteiger partial charge in [-0.05, 0) is 6.07 Å². The Morgan fingerprint density at radius 2 is 1.65 bits per heavy atom. The summed E-state index contributed by atoms with van der Waals surface area (Å²) < 4.78 is 89.9. The van der Waals surface area contributed by atoms with Gasteiger partial charge in [-0.1, -0.05) is 6.92 Å². The Balaban J connectivity index is 0.000000621. The fourth-order valence-electron chi connectivity index (χ4n) is 1.33. The number of alkyl halides is 4. The summed E-state index contributed by atoms with van der Waals surface area (Å²) in [6, 6.07) is 4.15. The van der Waals surface area contributed by atoms with Crippen molar-refractivity contribution in [1.29, 1.82) is 0 Å². The molecule has 0 aliphatic rings. The van der Waals surface area contributed by atoms with Crippen molar-refractivity contribution in [2.75, 3.05) is 0 Å². The number of aryl methyl sites for hydroxylation is 1. The molecule has 0 bridgehead atoms. The van der Waals surface area contributed by atoms with E-state index < -0.39 is 19.6 Å². The Labute approximate surface area is 110 Å². The molecule has 0 amide bonds. The molecule has 20 heavy (non-hydrogen) atoms. The number of hydrogen-bond donors (Lipinski definition) is 0. The average molecular weight is 309 g/mol. The van der Waals surface area contributed by atoms with Gasteiger partial charge in [0, 0.05) is 18.6 Å². The predicted molar refractivity (Wildman–Crippen MR) is 57.0 cm³/mol. The molecule has 0 spiro atoms. The van der Waals surface area contributed by atoms with Gasteiger partial charge in [0.05, 0.1) is 0 Å². The molecule has 1 aromatic heterocycles. The zero-order valence-electron chi connectivity index (χ0n) is 10.3. The smallest absolute Gasteiger partial charge is 0.418 e. The van der Waals surface area contributed by atoms with Crippen LogP contribution in [-0.2, 0) is 6.54 Å². The van der Waals surface area contributed by atoms with Crippen LogP contribution in [0.15, 0.2) is 24.4 Å². The van der Waals surface area contributed by atoms with Crippen molar-refractivity contribution < 1.29 is 39.4 Å². The summed E-state index contributed by atoms with van der Waals surface area (Å²) in [6.07, 6.45) is -5.63. The second kappa shape index (κ2) is 7.44. The van der Waals surface area contributed by atoms with Gasteiger partial charge >= 0.3 is 13.4 Å². The summed E-state index contributed by atoms with van der Waals surface area (Å²) in [5.41, 5.74) is -0.341. The van der Waals surface area contributed by atoms with E-state index in [1.54, 1.807) is 6.07 Å². The SMILES string of the molecule is CCC[n+]1ccccc1C(F)C(F)(F)F.F[B-](F)(F)F. The summed E-state index contributed by atoms with van der Waals surface area (Å²) >= 11 is 0. The highest BCUT2D eigenvalue weighted by Gasteiger charge is 2.46. The van der Waals surface area contributed by atoms with Crippen LogP contribution in [0.25, 0.3) is 0 Å². The predicted octanol–water partition coefficient (Wildman–Crippen LogP) is 4.26. The number of hydrogen-bond acceptors (Lipinski definition) is 0. The normalized spacial score (nSPS) is 13.4. The molecule has 0 aliphatic heterocycles. The molecule has 0 N–H and O–H groups in total. The number of aromatic nitrogens is 1. The van der Waals surface area contributed by atoms with Crippen molar-refractivity contribution in [3.63, 3.8) is 0 Å². The molecule has 1 aromatic rings. The summed E-state index contributed by atoms with van der Waals surface area (Å²) in [5, 5.41) is 0. The van der Waals surface area contributed by atoms with Gasteiger partial charge in [-0.3, -0.25) is 0 Å². The lowest BCUT2D eigenvalue weighted by Gasteiger charge is -2.11. The van der Waals surface area contributed by atoms with E-state index in [4.69, 9.17) is 0 Å². The standard InChI is InChI=1S/C10H12F4N.BF4/c1-2-6-15-7-4-3-5-8(15)9(11)10(12,13)14;2-1(3,4)5/h3-5,7,9H,2,6H2,1H3;/q+1;-1. The quantitative estimate of drug-likeness (QED) is 0.446. The summed E-state index contributed by atoms with van der Waals surface area (Å²) in [5.74, 6) is 0. The molecule has 116 valence electrons. The molecule has 0 radical (unpaired) electrons. The monoisotopic (exact) mass is 309 g/mol. The van der Waals surface area contributed by atoms with Crippen molar-refractivity contribution in [3.8, 4) is 0 Å². The molecule has 0 fully saturated rings. The first-order valence-electron chi connectivity index (χ1n) is 5.53. The van der Waals surface area contributed by atoms with Gasteiger partial charge in [0.2, 0.25) is 5.69 Å². The van der Waals surface area contributed by atoms with Crippen LogP contribution in [0.3, 0.4) is 0 Å². The maximum absolute atomic E-state index is 13.1. The van der Waals surface area contributed by atoms with Gasteiger partial charge in [0.1, 0.15) is 6.54 Å². The van der Waals surface area contributed by atoms with Crippen LogP contribution in [0.2, 0.25) is 0 Å². The van der Waals surface area contributed by atoms with Gasteiger partial charge in [-0.15, -0.1) is 0 Å². The van der Waals surface area contributed by atoms with E-state index in [0.717, 1.165) is 6.07 Å². The summed E-state index contributed by atoms with van der Waals surface area (Å²) in [6.45, 7) is 2.21. The Bertz CT molecular complexity index is 397. The lowest BCUT2D eigenvalue weighted by atomic mass is 10.2. The maximum Gasteiger partial charge on any atom is 0.673 e. The molecule has 1 unspecified atom stereocenters. The molecule has 1 atom stereocenters. The van der Waals surface area contributed by atoms with E-state index in [2.05, 4.69) is 0 Å². The van der Waals surface area contributed by atoms with E-state index in [9.17, 15) is 34.8 Å². The molecule has 1 rings (SSSR count). The van der Waals surface area contributed by atoms with Crippen molar-refractivity contribution in [1.82, 2.24) is 0 Å². The Hall–Kier alpha value is -1.35. The minimum Gasteiger partial charge on any atom is -0.418 e. The highest BCUT2D eigenvalue weighted by atomic mass is 19.5. The Morgan fingerprint density at radius 1 is 1.15 bits per heavy atom. The fraction of sp³-hybridized carbons (Fsp3) is 0.500. The number of nitrogens with zero attached hydrogens (tertiary/aromatic N) is 1. The van der Waals surface area contributed by atoms with E-state index in [0.29, 0.717) is 13.0 Å². The second-order valence-electron chi connectivity index (χ2n) is 3.72. The topological polar surface area (TPSA) is 3.88 Å². The summed E-state index contributed by atoms with van der Waals surface area (Å²) in [4.78, 5) is 0. The van der Waals surface area contributed by atoms with E-state index in [1.165, 1.54) is 16.8 Å². The van der Waals surface area contributed by atoms with Crippen LogP contribution in [0.1, 0.15) is 25.2 Å². The van der Waals surface area contributed by atoms with E-state index in [-0.39, 0.29) is 5.69 Å². The molecule has 0 saturated carbocycles. The van der Waals surface area contributed by atoms with Crippen molar-refractivity contribution in [2.24, 2.45) is 0 Å². The Kier molecular flexibility index (Phi) is 6.94. The van der Waals surface area contributed by atoms with Gasteiger partial charge in [-0.2, -0.15) is 17.7 Å². The third kappa shape index (κ3) is 7.95. The van der Waals surface area contributed by atoms with Crippen LogP contribution in [0.5, 0.6) is 0 Å².